The minimum Gasteiger partial charge on any atom is -0.369 e. The molecular weight excluding hydrogens is 400 g/mol. The quantitative estimate of drug-likeness (QED) is 0.314. The Balaban J connectivity index is 1.27. The molecular formula is C25H40N6O. The van der Waals surface area contributed by atoms with E-state index in [1.165, 1.54) is 12.1 Å². The van der Waals surface area contributed by atoms with Gasteiger partial charge >= 0.3 is 0 Å². The first kappa shape index (κ1) is 24.1. The molecule has 0 bridgehead atoms. The highest BCUT2D eigenvalue weighted by Crippen LogP contribution is 2.22. The summed E-state index contributed by atoms with van der Waals surface area (Å²) in [5.74, 6) is 2.14. The van der Waals surface area contributed by atoms with Crippen molar-refractivity contribution in [2.45, 2.75) is 52.0 Å². The Hall–Kier alpha value is -2.54. The molecule has 0 aliphatic carbocycles. The molecule has 0 radical (unpaired) electrons. The van der Waals surface area contributed by atoms with Gasteiger partial charge in [0.05, 0.1) is 12.2 Å². The molecule has 176 valence electrons. The predicted octanol–water partition coefficient (Wildman–Crippen LogP) is 3.85. The van der Waals surface area contributed by atoms with Gasteiger partial charge in [-0.2, -0.15) is 0 Å². The lowest BCUT2D eigenvalue weighted by Gasteiger charge is -2.36. The highest BCUT2D eigenvalue weighted by atomic mass is 16.5. The highest BCUT2D eigenvalue weighted by molar-refractivity contribution is 5.79. The number of nitrogens with zero attached hydrogens (tertiary/aromatic N) is 4. The number of hydrogen-bond acceptors (Lipinski definition) is 5. The Morgan fingerprint density at radius 1 is 1.06 bits per heavy atom. The van der Waals surface area contributed by atoms with E-state index in [9.17, 15) is 0 Å². The average molecular weight is 441 g/mol. The first-order valence-electron chi connectivity index (χ1n) is 12.2. The number of para-hydroxylation sites is 1. The minimum atomic E-state index is 0.478. The van der Waals surface area contributed by atoms with Crippen LogP contribution in [0.4, 0.5) is 5.69 Å². The van der Waals surface area contributed by atoms with Gasteiger partial charge in [0.2, 0.25) is 0 Å². The van der Waals surface area contributed by atoms with E-state index in [-0.39, 0.29) is 0 Å². The van der Waals surface area contributed by atoms with Crippen molar-refractivity contribution in [1.82, 2.24) is 20.7 Å². The van der Waals surface area contributed by atoms with Gasteiger partial charge in [-0.05, 0) is 44.4 Å². The van der Waals surface area contributed by atoms with E-state index in [4.69, 9.17) is 4.52 Å². The van der Waals surface area contributed by atoms with Gasteiger partial charge in [0.15, 0.2) is 11.7 Å². The lowest BCUT2D eigenvalue weighted by molar-refractivity contribution is 0.253. The van der Waals surface area contributed by atoms with E-state index in [2.05, 4.69) is 80.8 Å². The molecule has 0 unspecified atom stereocenters. The van der Waals surface area contributed by atoms with Crippen molar-refractivity contribution in [2.24, 2.45) is 4.99 Å². The van der Waals surface area contributed by atoms with Gasteiger partial charge in [-0.15, -0.1) is 0 Å². The Kier molecular flexibility index (Phi) is 9.88. The van der Waals surface area contributed by atoms with Gasteiger partial charge in [0.25, 0.3) is 0 Å². The number of aromatic nitrogens is 1. The second-order valence-electron chi connectivity index (χ2n) is 8.46. The molecule has 1 aliphatic heterocycles. The van der Waals surface area contributed by atoms with Crippen LogP contribution in [0.25, 0.3) is 0 Å². The molecule has 1 aliphatic rings. The predicted molar refractivity (Wildman–Crippen MR) is 132 cm³/mol. The standard InChI is InChI=1S/C25H40N6O/c1-4-21(5-2)24-19-23(32-29-24)20-28-25(26-3)27-13-9-10-14-30-15-17-31(18-16-30)22-11-7-6-8-12-22/h6-8,11-12,19,21H,4-5,9-10,13-18,20H2,1-3H3,(H2,26,27,28). The molecule has 2 N–H and O–H groups in total. The van der Waals surface area contributed by atoms with Crippen molar-refractivity contribution in [1.29, 1.82) is 0 Å². The lowest BCUT2D eigenvalue weighted by atomic mass is 9.99. The molecule has 2 aromatic rings. The molecule has 1 saturated heterocycles. The smallest absolute Gasteiger partial charge is 0.191 e. The van der Waals surface area contributed by atoms with E-state index >= 15 is 0 Å². The molecule has 1 aromatic carbocycles. The van der Waals surface area contributed by atoms with E-state index in [1.54, 1.807) is 7.05 Å². The Morgan fingerprint density at radius 2 is 1.81 bits per heavy atom. The summed E-state index contributed by atoms with van der Waals surface area (Å²) in [6.07, 6.45) is 4.49. The van der Waals surface area contributed by atoms with Crippen LogP contribution in [-0.4, -0.2) is 62.3 Å². The fourth-order valence-electron chi connectivity index (χ4n) is 4.24. The van der Waals surface area contributed by atoms with Crippen molar-refractivity contribution in [3.8, 4) is 0 Å². The van der Waals surface area contributed by atoms with Crippen LogP contribution < -0.4 is 15.5 Å². The highest BCUT2D eigenvalue weighted by Gasteiger charge is 2.16. The van der Waals surface area contributed by atoms with E-state index in [1.807, 2.05) is 0 Å². The third-order valence-corrected chi connectivity index (χ3v) is 6.32. The number of unbranched alkanes of at least 4 members (excludes halogenated alkanes) is 1. The summed E-state index contributed by atoms with van der Waals surface area (Å²) in [6, 6.07) is 12.8. The zero-order valence-electron chi connectivity index (χ0n) is 20.0. The largest absolute Gasteiger partial charge is 0.369 e. The van der Waals surface area contributed by atoms with Gasteiger partial charge in [-0.1, -0.05) is 37.2 Å². The SMILES string of the molecule is CCC(CC)c1cc(CNC(=NC)NCCCCN2CCN(c3ccccc3)CC2)on1. The van der Waals surface area contributed by atoms with Gasteiger partial charge in [-0.25, -0.2) is 0 Å². The maximum Gasteiger partial charge on any atom is 0.191 e. The monoisotopic (exact) mass is 440 g/mol. The molecule has 7 nitrogen and oxygen atoms in total. The van der Waals surface area contributed by atoms with Crippen LogP contribution in [-0.2, 0) is 6.54 Å². The number of guanidine groups is 1. The number of piperazine rings is 1. The Labute approximate surface area is 193 Å². The normalized spacial score (nSPS) is 15.4. The number of nitrogens with one attached hydrogen (secondary N) is 2. The summed E-state index contributed by atoms with van der Waals surface area (Å²) >= 11 is 0. The van der Waals surface area contributed by atoms with Gasteiger partial charge < -0.3 is 20.1 Å². The van der Waals surface area contributed by atoms with E-state index < -0.39 is 0 Å². The second-order valence-corrected chi connectivity index (χ2v) is 8.46. The van der Waals surface area contributed by atoms with Crippen molar-refractivity contribution >= 4 is 11.6 Å². The molecule has 1 aromatic heterocycles. The van der Waals surface area contributed by atoms with Crippen LogP contribution >= 0.6 is 0 Å². The zero-order chi connectivity index (χ0) is 22.6. The van der Waals surface area contributed by atoms with Gasteiger partial charge in [0.1, 0.15) is 0 Å². The average Bonchev–Trinajstić information content (AvgIpc) is 3.31. The molecule has 0 atom stereocenters. The number of hydrogen-bond donors (Lipinski definition) is 2. The molecule has 2 heterocycles. The Bertz CT molecular complexity index is 794. The van der Waals surface area contributed by atoms with Gasteiger partial charge in [-0.3, -0.25) is 9.89 Å². The molecule has 1 fully saturated rings. The minimum absolute atomic E-state index is 0.478. The van der Waals surface area contributed by atoms with E-state index in [0.29, 0.717) is 12.5 Å². The number of benzene rings is 1. The van der Waals surface area contributed by atoms with E-state index in [0.717, 1.165) is 75.9 Å². The molecule has 32 heavy (non-hydrogen) atoms. The van der Waals surface area contributed by atoms with Crippen molar-refractivity contribution in [3.05, 3.63) is 47.9 Å². The van der Waals surface area contributed by atoms with Crippen molar-refractivity contribution in [3.63, 3.8) is 0 Å². The summed E-state index contributed by atoms with van der Waals surface area (Å²) in [6.45, 7) is 11.6. The topological polar surface area (TPSA) is 68.9 Å². The maximum absolute atomic E-state index is 5.49. The van der Waals surface area contributed by atoms with Crippen LogP contribution in [0.15, 0.2) is 45.9 Å². The summed E-state index contributed by atoms with van der Waals surface area (Å²) < 4.78 is 5.49. The summed E-state index contributed by atoms with van der Waals surface area (Å²) in [4.78, 5) is 9.38. The first-order valence-corrected chi connectivity index (χ1v) is 12.2. The van der Waals surface area contributed by atoms with Crippen LogP contribution in [0.3, 0.4) is 0 Å². The zero-order valence-corrected chi connectivity index (χ0v) is 20.0. The third kappa shape index (κ3) is 7.26. The lowest BCUT2D eigenvalue weighted by Crippen LogP contribution is -2.46. The molecule has 3 rings (SSSR count). The summed E-state index contributed by atoms with van der Waals surface area (Å²) in [7, 11) is 1.80. The van der Waals surface area contributed by atoms with Crippen LogP contribution in [0.2, 0.25) is 0 Å². The Morgan fingerprint density at radius 3 is 2.50 bits per heavy atom. The molecule has 0 saturated carbocycles. The number of anilines is 1. The summed E-state index contributed by atoms with van der Waals surface area (Å²) in [5, 5.41) is 11.0. The first-order chi connectivity index (χ1) is 15.7. The van der Waals surface area contributed by atoms with Crippen molar-refractivity contribution in [2.75, 3.05) is 51.2 Å². The van der Waals surface area contributed by atoms with Crippen molar-refractivity contribution < 1.29 is 4.52 Å². The summed E-state index contributed by atoms with van der Waals surface area (Å²) in [5.41, 5.74) is 2.40. The maximum atomic E-state index is 5.49. The van der Waals surface area contributed by atoms with Crippen LogP contribution in [0, 0.1) is 0 Å². The number of rotatable bonds is 11. The number of aliphatic imine (C=N–C) groups is 1. The fraction of sp³-hybridized carbons (Fsp3) is 0.600. The van der Waals surface area contributed by atoms with Crippen LogP contribution in [0.1, 0.15) is 56.9 Å². The van der Waals surface area contributed by atoms with Crippen LogP contribution in [0.5, 0.6) is 0 Å². The molecule has 0 spiro atoms. The molecule has 0 amide bonds. The third-order valence-electron chi connectivity index (χ3n) is 6.32. The fourth-order valence-corrected chi connectivity index (χ4v) is 4.24. The second kappa shape index (κ2) is 13.1. The molecule has 7 heteroatoms. The van der Waals surface area contributed by atoms with Gasteiger partial charge in [0, 0.05) is 57.4 Å².